The van der Waals surface area contributed by atoms with Crippen molar-refractivity contribution in [2.75, 3.05) is 24.0 Å². The summed E-state index contributed by atoms with van der Waals surface area (Å²) in [4.78, 5) is 34.2. The first-order valence-corrected chi connectivity index (χ1v) is 8.99. The largest absolute Gasteiger partial charge is 0.480 e. The van der Waals surface area contributed by atoms with Crippen LogP contribution in [0.1, 0.15) is 19.8 Å². The van der Waals surface area contributed by atoms with E-state index >= 15 is 0 Å². The second kappa shape index (κ2) is 10.8. The Morgan fingerprint density at radius 2 is 1.50 bits per heavy atom. The Morgan fingerprint density at radius 3 is 1.90 bits per heavy atom. The van der Waals surface area contributed by atoms with Crippen molar-refractivity contribution in [3.63, 3.8) is 0 Å². The molecule has 116 valence electrons. The smallest absolute Gasteiger partial charge is 0.326 e. The first-order chi connectivity index (χ1) is 9.42. The molecule has 0 aromatic carbocycles. The number of thioether (sulfide) groups is 2. The van der Waals surface area contributed by atoms with Crippen molar-refractivity contribution >= 4 is 41.3 Å². The van der Waals surface area contributed by atoms with Crippen LogP contribution < -0.4 is 10.6 Å². The Morgan fingerprint density at radius 1 is 1.00 bits per heavy atom. The molecule has 0 heterocycles. The van der Waals surface area contributed by atoms with Gasteiger partial charge in [-0.3, -0.25) is 9.59 Å². The summed E-state index contributed by atoms with van der Waals surface area (Å²) < 4.78 is 0. The van der Waals surface area contributed by atoms with E-state index < -0.39 is 24.0 Å². The van der Waals surface area contributed by atoms with Gasteiger partial charge < -0.3 is 15.7 Å². The van der Waals surface area contributed by atoms with Crippen LogP contribution in [0.5, 0.6) is 0 Å². The molecular formula is C12H22N2O4S2. The molecule has 6 nitrogen and oxygen atoms in total. The van der Waals surface area contributed by atoms with E-state index in [1.165, 1.54) is 18.7 Å². The third-order valence-electron chi connectivity index (χ3n) is 2.53. The first kappa shape index (κ1) is 19.1. The summed E-state index contributed by atoms with van der Waals surface area (Å²) in [6.07, 6.45) is 4.61. The highest BCUT2D eigenvalue weighted by Gasteiger charge is 2.25. The van der Waals surface area contributed by atoms with Crippen LogP contribution in [0, 0.1) is 0 Å². The van der Waals surface area contributed by atoms with Crippen molar-refractivity contribution in [3.05, 3.63) is 0 Å². The minimum atomic E-state index is -1.06. The molecule has 20 heavy (non-hydrogen) atoms. The van der Waals surface area contributed by atoms with Gasteiger partial charge in [-0.2, -0.15) is 23.5 Å². The Bertz CT molecular complexity index is 339. The van der Waals surface area contributed by atoms with Gasteiger partial charge in [0, 0.05) is 6.92 Å². The number of nitrogens with one attached hydrogen (secondary N) is 2. The molecule has 0 radical (unpaired) electrons. The zero-order valence-corrected chi connectivity index (χ0v) is 13.6. The van der Waals surface area contributed by atoms with Crippen LogP contribution >= 0.6 is 23.5 Å². The maximum atomic E-state index is 12.1. The van der Waals surface area contributed by atoms with Crippen LogP contribution in [0.2, 0.25) is 0 Å². The molecule has 0 bridgehead atoms. The number of carbonyl (C=O) groups is 3. The van der Waals surface area contributed by atoms with Crippen LogP contribution in [-0.4, -0.2) is 59.0 Å². The van der Waals surface area contributed by atoms with E-state index in [1.807, 2.05) is 12.5 Å². The summed E-state index contributed by atoms with van der Waals surface area (Å²) in [7, 11) is 0. The molecule has 0 aliphatic carbocycles. The first-order valence-electron chi connectivity index (χ1n) is 6.20. The van der Waals surface area contributed by atoms with Gasteiger partial charge >= 0.3 is 5.97 Å². The molecule has 3 N–H and O–H groups in total. The maximum Gasteiger partial charge on any atom is 0.326 e. The van der Waals surface area contributed by atoms with Crippen LogP contribution in [0.4, 0.5) is 0 Å². The van der Waals surface area contributed by atoms with Crippen LogP contribution in [0.25, 0.3) is 0 Å². The molecule has 0 aromatic rings. The van der Waals surface area contributed by atoms with Gasteiger partial charge in [0.2, 0.25) is 11.8 Å². The summed E-state index contributed by atoms with van der Waals surface area (Å²) >= 11 is 3.08. The number of amides is 2. The summed E-state index contributed by atoms with van der Waals surface area (Å²) in [6, 6.07) is -1.60. The van der Waals surface area contributed by atoms with Crippen molar-refractivity contribution in [1.82, 2.24) is 10.6 Å². The second-order valence-corrected chi connectivity index (χ2v) is 6.19. The van der Waals surface area contributed by atoms with E-state index in [-0.39, 0.29) is 5.91 Å². The molecular weight excluding hydrogens is 300 g/mol. The standard InChI is InChI=1S/C12H22N2O4S2/c1-8(15)13-9(4-6-19-2)11(16)14-10(12(17)18)5-7-20-3/h9-10H,4-7H2,1-3H3,(H,13,15)(H,14,16)(H,17,18)/t9?,10-/m0/s1. The quantitative estimate of drug-likeness (QED) is 0.544. The SMILES string of the molecule is CSCCC(NC(C)=O)C(=O)N[C@@H](CCSC)C(=O)O. The molecule has 8 heteroatoms. The fourth-order valence-electron chi connectivity index (χ4n) is 1.52. The van der Waals surface area contributed by atoms with Crippen molar-refractivity contribution in [2.24, 2.45) is 0 Å². The van der Waals surface area contributed by atoms with E-state index in [1.54, 1.807) is 11.8 Å². The Labute approximate surface area is 127 Å². The second-order valence-electron chi connectivity index (χ2n) is 4.22. The number of rotatable bonds is 10. The number of hydrogen-bond donors (Lipinski definition) is 3. The minimum Gasteiger partial charge on any atom is -0.480 e. The summed E-state index contributed by atoms with van der Waals surface area (Å²) in [5.74, 6) is -0.447. The Hall–Kier alpha value is -0.890. The lowest BCUT2D eigenvalue weighted by Crippen LogP contribution is -2.51. The van der Waals surface area contributed by atoms with Crippen molar-refractivity contribution < 1.29 is 19.5 Å². The Kier molecular flexibility index (Phi) is 10.4. The maximum absolute atomic E-state index is 12.1. The molecule has 2 atom stereocenters. The molecule has 2 amide bonds. The molecule has 0 saturated carbocycles. The van der Waals surface area contributed by atoms with Gasteiger partial charge in [-0.25, -0.2) is 4.79 Å². The van der Waals surface area contributed by atoms with E-state index in [9.17, 15) is 14.4 Å². The van der Waals surface area contributed by atoms with Crippen molar-refractivity contribution in [1.29, 1.82) is 0 Å². The van der Waals surface area contributed by atoms with Crippen LogP contribution in [0.3, 0.4) is 0 Å². The molecule has 0 fully saturated rings. The lowest BCUT2D eigenvalue weighted by Gasteiger charge is -2.20. The summed E-state index contributed by atoms with van der Waals surface area (Å²) in [5, 5.41) is 14.1. The molecule has 0 rings (SSSR count). The lowest BCUT2D eigenvalue weighted by molar-refractivity contribution is -0.142. The average molecular weight is 322 g/mol. The number of aliphatic carboxylic acids is 1. The molecule has 0 aliphatic rings. The topological polar surface area (TPSA) is 95.5 Å². The fraction of sp³-hybridized carbons (Fsp3) is 0.750. The van der Waals surface area contributed by atoms with Gasteiger partial charge in [0.25, 0.3) is 0 Å². The van der Waals surface area contributed by atoms with Crippen molar-refractivity contribution in [2.45, 2.75) is 31.8 Å². The molecule has 0 saturated heterocycles. The number of hydrogen-bond acceptors (Lipinski definition) is 5. The highest BCUT2D eigenvalue weighted by molar-refractivity contribution is 7.98. The molecule has 1 unspecified atom stereocenters. The van der Waals surface area contributed by atoms with E-state index in [0.29, 0.717) is 24.3 Å². The zero-order valence-electron chi connectivity index (χ0n) is 12.0. The summed E-state index contributed by atoms with van der Waals surface area (Å²) in [5.41, 5.74) is 0. The van der Waals surface area contributed by atoms with Gasteiger partial charge in [0.1, 0.15) is 12.1 Å². The van der Waals surface area contributed by atoms with Gasteiger partial charge in [-0.1, -0.05) is 0 Å². The highest BCUT2D eigenvalue weighted by Crippen LogP contribution is 2.04. The normalized spacial score (nSPS) is 13.3. The van der Waals surface area contributed by atoms with Gasteiger partial charge in [-0.05, 0) is 36.9 Å². The number of carbonyl (C=O) groups excluding carboxylic acids is 2. The minimum absolute atomic E-state index is 0.303. The van der Waals surface area contributed by atoms with Crippen LogP contribution in [0.15, 0.2) is 0 Å². The predicted octanol–water partition coefficient (Wildman–Crippen LogP) is 0.567. The van der Waals surface area contributed by atoms with Crippen molar-refractivity contribution in [3.8, 4) is 0 Å². The molecule has 0 aliphatic heterocycles. The van der Waals surface area contributed by atoms with E-state index in [0.717, 1.165) is 0 Å². The third-order valence-corrected chi connectivity index (χ3v) is 3.82. The van der Waals surface area contributed by atoms with E-state index in [2.05, 4.69) is 10.6 Å². The number of carboxylic acid groups (broad SMARTS) is 1. The fourth-order valence-corrected chi connectivity index (χ4v) is 2.46. The van der Waals surface area contributed by atoms with Crippen LogP contribution in [-0.2, 0) is 14.4 Å². The highest BCUT2D eigenvalue weighted by atomic mass is 32.2. The predicted molar refractivity (Wildman–Crippen MR) is 83.2 cm³/mol. The number of carboxylic acids is 1. The van der Waals surface area contributed by atoms with Gasteiger partial charge in [0.05, 0.1) is 0 Å². The average Bonchev–Trinajstić information content (AvgIpc) is 2.38. The lowest BCUT2D eigenvalue weighted by atomic mass is 10.1. The van der Waals surface area contributed by atoms with Gasteiger partial charge in [-0.15, -0.1) is 0 Å². The molecule has 0 aromatic heterocycles. The third kappa shape index (κ3) is 8.31. The monoisotopic (exact) mass is 322 g/mol. The Balaban J connectivity index is 4.59. The molecule has 0 spiro atoms. The zero-order chi connectivity index (χ0) is 15.5. The van der Waals surface area contributed by atoms with Gasteiger partial charge in [0.15, 0.2) is 0 Å². The summed E-state index contributed by atoms with van der Waals surface area (Å²) in [6.45, 7) is 1.34. The van der Waals surface area contributed by atoms with E-state index in [4.69, 9.17) is 5.11 Å².